The summed E-state index contributed by atoms with van der Waals surface area (Å²) < 4.78 is 52.8. The number of hydrazine groups is 1. The molecular formula is C19H22Cl2N4O6S2. The van der Waals surface area contributed by atoms with Crippen molar-refractivity contribution < 1.29 is 26.4 Å². The monoisotopic (exact) mass is 536 g/mol. The number of aryl methyl sites for hydroxylation is 1. The van der Waals surface area contributed by atoms with Gasteiger partial charge >= 0.3 is 0 Å². The molecule has 0 heterocycles. The Morgan fingerprint density at radius 2 is 1.52 bits per heavy atom. The smallest absolute Gasteiger partial charge is 0.256 e. The summed E-state index contributed by atoms with van der Waals surface area (Å²) in [5.74, 6) is -1.71. The van der Waals surface area contributed by atoms with Crippen LogP contribution >= 0.6 is 23.2 Å². The van der Waals surface area contributed by atoms with Gasteiger partial charge in [0.05, 0.1) is 32.4 Å². The Morgan fingerprint density at radius 1 is 0.939 bits per heavy atom. The second kappa shape index (κ2) is 10.8. The lowest BCUT2D eigenvalue weighted by molar-refractivity contribution is -0.129. The Balaban J connectivity index is 1.93. The molecule has 0 radical (unpaired) electrons. The molecule has 0 aliphatic heterocycles. The molecule has 0 fully saturated rings. The molecule has 14 heteroatoms. The molecule has 2 amide bonds. The van der Waals surface area contributed by atoms with Gasteiger partial charge in [-0.25, -0.2) is 16.8 Å². The van der Waals surface area contributed by atoms with Gasteiger partial charge in [0, 0.05) is 7.05 Å². The maximum atomic E-state index is 12.5. The van der Waals surface area contributed by atoms with Crippen LogP contribution in [-0.4, -0.2) is 52.6 Å². The van der Waals surface area contributed by atoms with Crippen LogP contribution in [0.1, 0.15) is 12.5 Å². The van der Waals surface area contributed by atoms with Crippen molar-refractivity contribution in [2.24, 2.45) is 0 Å². The average Bonchev–Trinajstić information content (AvgIpc) is 2.73. The zero-order chi connectivity index (χ0) is 25.0. The highest BCUT2D eigenvalue weighted by atomic mass is 35.5. The first-order chi connectivity index (χ1) is 15.2. The van der Waals surface area contributed by atoms with E-state index in [9.17, 15) is 26.4 Å². The second-order valence-electron chi connectivity index (χ2n) is 7.03. The van der Waals surface area contributed by atoms with Gasteiger partial charge in [0.2, 0.25) is 20.0 Å². The van der Waals surface area contributed by atoms with E-state index in [2.05, 4.69) is 10.1 Å². The van der Waals surface area contributed by atoms with Gasteiger partial charge < -0.3 is 0 Å². The van der Waals surface area contributed by atoms with Gasteiger partial charge in [0.25, 0.3) is 11.8 Å². The number of amides is 2. The van der Waals surface area contributed by atoms with Crippen molar-refractivity contribution in [1.82, 2.24) is 19.9 Å². The van der Waals surface area contributed by atoms with E-state index in [0.29, 0.717) is 0 Å². The molecule has 2 aromatic carbocycles. The zero-order valence-corrected chi connectivity index (χ0v) is 20.9. The van der Waals surface area contributed by atoms with Gasteiger partial charge in [-0.2, -0.15) is 9.03 Å². The van der Waals surface area contributed by atoms with Crippen LogP contribution in [0.2, 0.25) is 10.0 Å². The van der Waals surface area contributed by atoms with Crippen LogP contribution < -0.4 is 15.6 Å². The van der Waals surface area contributed by atoms with E-state index in [4.69, 9.17) is 23.2 Å². The van der Waals surface area contributed by atoms with Crippen molar-refractivity contribution in [3.05, 3.63) is 58.1 Å². The van der Waals surface area contributed by atoms with E-state index in [1.165, 1.54) is 38.2 Å². The number of rotatable bonds is 8. The number of halogens is 2. The number of hydrogen-bond donors (Lipinski definition) is 3. The minimum atomic E-state index is -4.11. The summed E-state index contributed by atoms with van der Waals surface area (Å²) in [5.41, 5.74) is 4.97. The van der Waals surface area contributed by atoms with Crippen LogP contribution in [0.15, 0.2) is 52.3 Å². The van der Waals surface area contributed by atoms with Gasteiger partial charge in [0.15, 0.2) is 0 Å². The van der Waals surface area contributed by atoms with E-state index in [1.54, 1.807) is 12.1 Å². The number of likely N-dealkylation sites (N-methyl/N-ethyl adjacent to an activating group) is 1. The van der Waals surface area contributed by atoms with Gasteiger partial charge in [0.1, 0.15) is 0 Å². The Labute approximate surface area is 202 Å². The first kappa shape index (κ1) is 27.0. The summed E-state index contributed by atoms with van der Waals surface area (Å²) in [7, 11) is -6.81. The number of nitrogens with zero attached hydrogens (tertiary/aromatic N) is 1. The van der Waals surface area contributed by atoms with E-state index < -0.39 is 44.4 Å². The summed E-state index contributed by atoms with van der Waals surface area (Å²) in [4.78, 5) is 24.1. The lowest BCUT2D eigenvalue weighted by Crippen LogP contribution is -2.52. The van der Waals surface area contributed by atoms with Crippen molar-refractivity contribution >= 4 is 55.1 Å². The molecule has 2 aromatic rings. The lowest BCUT2D eigenvalue weighted by Gasteiger charge is -2.18. The van der Waals surface area contributed by atoms with Crippen LogP contribution in [0.5, 0.6) is 0 Å². The molecule has 0 bridgehead atoms. The number of hydrogen-bond acceptors (Lipinski definition) is 6. The van der Waals surface area contributed by atoms with Gasteiger partial charge in [-0.3, -0.25) is 20.4 Å². The summed E-state index contributed by atoms with van der Waals surface area (Å²) in [6.07, 6.45) is 0. The topological polar surface area (TPSA) is 142 Å². The van der Waals surface area contributed by atoms with Crippen LogP contribution in [0, 0.1) is 6.92 Å². The molecule has 0 saturated heterocycles. The SMILES string of the molecule is Cc1ccc(S(=O)(=O)N(C)CC(=O)NNC(=O)C(C)NS(=O)(=O)c2ccc(Cl)c(Cl)c2)cc1. The van der Waals surface area contributed by atoms with Crippen LogP contribution in [-0.2, 0) is 29.6 Å². The molecule has 0 aromatic heterocycles. The highest BCUT2D eigenvalue weighted by molar-refractivity contribution is 7.89. The molecule has 3 N–H and O–H groups in total. The predicted molar refractivity (Wildman–Crippen MR) is 124 cm³/mol. The fraction of sp³-hybridized carbons (Fsp3) is 0.263. The van der Waals surface area contributed by atoms with Gasteiger partial charge in [-0.15, -0.1) is 0 Å². The third-order valence-corrected chi connectivity index (χ3v) is 8.44. The van der Waals surface area contributed by atoms with E-state index in [0.717, 1.165) is 15.9 Å². The molecule has 1 unspecified atom stereocenters. The standard InChI is InChI=1S/C19H22Cl2N4O6S2/c1-12-4-6-14(7-5-12)33(30,31)25(3)11-18(26)22-23-19(27)13(2)24-32(28,29)15-8-9-16(20)17(21)10-15/h4-10,13,24H,11H2,1-3H3,(H,22,26)(H,23,27). The molecule has 2 rings (SSSR count). The first-order valence-corrected chi connectivity index (χ1v) is 13.0. The van der Waals surface area contributed by atoms with Gasteiger partial charge in [-0.05, 0) is 44.2 Å². The Morgan fingerprint density at radius 3 is 2.09 bits per heavy atom. The Hall–Kier alpha value is -2.22. The summed E-state index contributed by atoms with van der Waals surface area (Å²) in [5, 5.41) is 0.187. The van der Waals surface area contributed by atoms with Crippen LogP contribution in [0.25, 0.3) is 0 Å². The summed E-state index contributed by atoms with van der Waals surface area (Å²) in [6, 6.07) is 8.45. The van der Waals surface area contributed by atoms with Crippen molar-refractivity contribution in [2.45, 2.75) is 29.7 Å². The van der Waals surface area contributed by atoms with Crippen molar-refractivity contribution in [3.8, 4) is 0 Å². The average molecular weight is 537 g/mol. The third kappa shape index (κ3) is 7.13. The fourth-order valence-corrected chi connectivity index (χ4v) is 5.17. The quantitative estimate of drug-likeness (QED) is 0.435. The molecule has 1 atom stereocenters. The molecule has 33 heavy (non-hydrogen) atoms. The lowest BCUT2D eigenvalue weighted by atomic mass is 10.2. The molecule has 0 spiro atoms. The Kier molecular flexibility index (Phi) is 8.85. The largest absolute Gasteiger partial charge is 0.272 e. The molecule has 180 valence electrons. The molecular weight excluding hydrogens is 515 g/mol. The van der Waals surface area contributed by atoms with Crippen molar-refractivity contribution in [1.29, 1.82) is 0 Å². The minimum absolute atomic E-state index is 0.0118. The predicted octanol–water partition coefficient (Wildman–Crippen LogP) is 1.44. The van der Waals surface area contributed by atoms with Crippen LogP contribution in [0.4, 0.5) is 0 Å². The number of benzene rings is 2. The molecule has 10 nitrogen and oxygen atoms in total. The Bertz CT molecular complexity index is 1250. The number of nitrogens with one attached hydrogen (secondary N) is 3. The number of carbonyl (C=O) groups is 2. The van der Waals surface area contributed by atoms with Crippen LogP contribution in [0.3, 0.4) is 0 Å². The van der Waals surface area contributed by atoms with Gasteiger partial charge in [-0.1, -0.05) is 40.9 Å². The number of sulfonamides is 2. The minimum Gasteiger partial charge on any atom is -0.272 e. The van der Waals surface area contributed by atoms with Crippen molar-refractivity contribution in [2.75, 3.05) is 13.6 Å². The zero-order valence-electron chi connectivity index (χ0n) is 17.8. The normalized spacial score (nSPS) is 12.9. The fourth-order valence-electron chi connectivity index (χ4n) is 2.45. The summed E-state index contributed by atoms with van der Waals surface area (Å²) >= 11 is 11.6. The highest BCUT2D eigenvalue weighted by Crippen LogP contribution is 2.24. The maximum Gasteiger partial charge on any atom is 0.256 e. The highest BCUT2D eigenvalue weighted by Gasteiger charge is 2.25. The number of carbonyl (C=O) groups excluding carboxylic acids is 2. The van der Waals surface area contributed by atoms with E-state index in [1.807, 2.05) is 12.3 Å². The first-order valence-electron chi connectivity index (χ1n) is 9.33. The van der Waals surface area contributed by atoms with E-state index in [-0.39, 0.29) is 19.8 Å². The van der Waals surface area contributed by atoms with Crippen molar-refractivity contribution in [3.63, 3.8) is 0 Å². The summed E-state index contributed by atoms with van der Waals surface area (Å²) in [6.45, 7) is 2.48. The van der Waals surface area contributed by atoms with E-state index >= 15 is 0 Å². The second-order valence-corrected chi connectivity index (χ2v) is 11.6. The maximum absolute atomic E-state index is 12.5. The molecule has 0 aliphatic rings. The molecule has 0 aliphatic carbocycles. The molecule has 0 saturated carbocycles. The third-order valence-electron chi connectivity index (χ3n) is 4.35.